The smallest absolute Gasteiger partial charge is 0.248 e. The van der Waals surface area contributed by atoms with E-state index in [9.17, 15) is 9.59 Å². The Morgan fingerprint density at radius 1 is 1.38 bits per heavy atom. The van der Waals surface area contributed by atoms with Gasteiger partial charge in [0.25, 0.3) is 0 Å². The molecule has 0 radical (unpaired) electrons. The lowest BCUT2D eigenvalue weighted by Gasteiger charge is -2.12. The van der Waals surface area contributed by atoms with Gasteiger partial charge in [-0.2, -0.15) is 0 Å². The van der Waals surface area contributed by atoms with Crippen LogP contribution in [0.1, 0.15) is 27.9 Å². The molecule has 0 heterocycles. The van der Waals surface area contributed by atoms with Gasteiger partial charge in [-0.15, -0.1) is 0 Å². The van der Waals surface area contributed by atoms with Crippen LogP contribution in [-0.2, 0) is 4.79 Å². The molecule has 0 aromatic heterocycles. The van der Waals surface area contributed by atoms with Gasteiger partial charge < -0.3 is 15.3 Å². The number of primary amides is 1. The second-order valence-corrected chi connectivity index (χ2v) is 3.61. The number of nitrogens with two attached hydrogens (primary N) is 1. The molecule has 0 saturated carbocycles. The third-order valence-electron chi connectivity index (χ3n) is 2.23. The van der Waals surface area contributed by atoms with E-state index in [2.05, 4.69) is 0 Å². The zero-order chi connectivity index (χ0) is 12.1. The fraction of sp³-hybridized carbons (Fsp3) is 0.333. The van der Waals surface area contributed by atoms with E-state index in [1.807, 2.05) is 13.8 Å². The molecule has 0 fully saturated rings. The summed E-state index contributed by atoms with van der Waals surface area (Å²) in [6.07, 6.45) is 1.17. The Bertz CT molecular complexity index is 390. The van der Waals surface area contributed by atoms with Gasteiger partial charge in [-0.05, 0) is 37.1 Å². The SMILES string of the molecule is Cc1cc(C(N)=O)cc(C)c1OCCC=O. The molecule has 4 nitrogen and oxygen atoms in total. The van der Waals surface area contributed by atoms with Gasteiger partial charge >= 0.3 is 0 Å². The minimum absolute atomic E-state index is 0.348. The summed E-state index contributed by atoms with van der Waals surface area (Å²) in [6, 6.07) is 3.37. The molecule has 0 aliphatic heterocycles. The van der Waals surface area contributed by atoms with Crippen molar-refractivity contribution in [2.24, 2.45) is 5.73 Å². The van der Waals surface area contributed by atoms with Gasteiger partial charge in [-0.25, -0.2) is 0 Å². The first-order chi connectivity index (χ1) is 7.56. The molecule has 0 bridgehead atoms. The summed E-state index contributed by atoms with van der Waals surface area (Å²) in [5.41, 5.74) is 7.36. The van der Waals surface area contributed by atoms with Crippen LogP contribution in [-0.4, -0.2) is 18.8 Å². The Hall–Kier alpha value is -1.84. The maximum atomic E-state index is 11.0. The first-order valence-corrected chi connectivity index (χ1v) is 5.03. The molecule has 0 aliphatic carbocycles. The predicted molar refractivity (Wildman–Crippen MR) is 60.6 cm³/mol. The first-order valence-electron chi connectivity index (χ1n) is 5.03. The summed E-state index contributed by atoms with van der Waals surface area (Å²) in [7, 11) is 0. The van der Waals surface area contributed by atoms with E-state index in [0.717, 1.165) is 17.4 Å². The molecule has 0 spiro atoms. The zero-order valence-corrected chi connectivity index (χ0v) is 9.45. The topological polar surface area (TPSA) is 69.4 Å². The van der Waals surface area contributed by atoms with Crippen molar-refractivity contribution in [1.82, 2.24) is 0 Å². The van der Waals surface area contributed by atoms with E-state index in [1.165, 1.54) is 0 Å². The third-order valence-corrected chi connectivity index (χ3v) is 2.23. The lowest BCUT2D eigenvalue weighted by molar-refractivity contribution is -0.108. The van der Waals surface area contributed by atoms with Crippen molar-refractivity contribution >= 4 is 12.2 Å². The number of aldehydes is 1. The number of aryl methyl sites for hydroxylation is 2. The lowest BCUT2D eigenvalue weighted by Crippen LogP contribution is -2.12. The Kier molecular flexibility index (Phi) is 4.05. The molecular weight excluding hydrogens is 206 g/mol. The minimum atomic E-state index is -0.453. The molecule has 0 saturated heterocycles. The number of hydrogen-bond donors (Lipinski definition) is 1. The van der Waals surface area contributed by atoms with Gasteiger partial charge in [-0.3, -0.25) is 4.79 Å². The zero-order valence-electron chi connectivity index (χ0n) is 9.45. The monoisotopic (exact) mass is 221 g/mol. The van der Waals surface area contributed by atoms with Gasteiger partial charge in [0.1, 0.15) is 12.0 Å². The number of benzene rings is 1. The predicted octanol–water partition coefficient (Wildman–Crippen LogP) is 1.37. The maximum absolute atomic E-state index is 11.0. The van der Waals surface area contributed by atoms with Crippen LogP contribution in [0, 0.1) is 13.8 Å². The van der Waals surface area contributed by atoms with Crippen molar-refractivity contribution in [2.75, 3.05) is 6.61 Å². The Morgan fingerprint density at radius 2 is 1.94 bits per heavy atom. The quantitative estimate of drug-likeness (QED) is 0.603. The number of carbonyl (C=O) groups is 2. The van der Waals surface area contributed by atoms with Crippen LogP contribution in [0.4, 0.5) is 0 Å². The van der Waals surface area contributed by atoms with Crippen LogP contribution in [0.25, 0.3) is 0 Å². The van der Waals surface area contributed by atoms with E-state index in [1.54, 1.807) is 12.1 Å². The van der Waals surface area contributed by atoms with Gasteiger partial charge in [0.15, 0.2) is 0 Å². The lowest BCUT2D eigenvalue weighted by atomic mass is 10.1. The molecule has 1 aromatic rings. The van der Waals surface area contributed by atoms with Crippen LogP contribution < -0.4 is 10.5 Å². The fourth-order valence-electron chi connectivity index (χ4n) is 1.53. The van der Waals surface area contributed by atoms with Gasteiger partial charge in [0, 0.05) is 12.0 Å². The Labute approximate surface area is 94.4 Å². The maximum Gasteiger partial charge on any atom is 0.248 e. The summed E-state index contributed by atoms with van der Waals surface area (Å²) in [5.74, 6) is 0.262. The average Bonchev–Trinajstić information content (AvgIpc) is 2.21. The standard InChI is InChI=1S/C12H15NO3/c1-8-6-10(12(13)15)7-9(2)11(8)16-5-3-4-14/h4,6-7H,3,5H2,1-2H3,(H2,13,15). The molecule has 0 unspecified atom stereocenters. The van der Waals surface area contributed by atoms with Crippen molar-refractivity contribution in [3.63, 3.8) is 0 Å². The minimum Gasteiger partial charge on any atom is -0.493 e. The second kappa shape index (κ2) is 5.30. The molecule has 1 aromatic carbocycles. The highest BCUT2D eigenvalue weighted by molar-refractivity contribution is 5.93. The molecule has 16 heavy (non-hydrogen) atoms. The van der Waals surface area contributed by atoms with Crippen molar-refractivity contribution in [3.05, 3.63) is 28.8 Å². The van der Waals surface area contributed by atoms with Crippen LogP contribution in [0.15, 0.2) is 12.1 Å². The van der Waals surface area contributed by atoms with Crippen LogP contribution in [0.5, 0.6) is 5.75 Å². The van der Waals surface area contributed by atoms with Crippen LogP contribution >= 0.6 is 0 Å². The van der Waals surface area contributed by atoms with E-state index in [-0.39, 0.29) is 0 Å². The van der Waals surface area contributed by atoms with Crippen LogP contribution in [0.3, 0.4) is 0 Å². The number of hydrogen-bond acceptors (Lipinski definition) is 3. The van der Waals surface area contributed by atoms with Gasteiger partial charge in [0.05, 0.1) is 6.61 Å². The molecule has 1 amide bonds. The number of ether oxygens (including phenoxy) is 1. The second-order valence-electron chi connectivity index (χ2n) is 3.61. The molecule has 4 heteroatoms. The van der Waals surface area contributed by atoms with Crippen LogP contribution in [0.2, 0.25) is 0 Å². The normalized spacial score (nSPS) is 9.88. The molecule has 1 rings (SSSR count). The van der Waals surface area contributed by atoms with E-state index in [4.69, 9.17) is 10.5 Å². The van der Waals surface area contributed by atoms with Gasteiger partial charge in [0.2, 0.25) is 5.91 Å². The molecule has 86 valence electrons. The van der Waals surface area contributed by atoms with Gasteiger partial charge in [-0.1, -0.05) is 0 Å². The summed E-state index contributed by atoms with van der Waals surface area (Å²) in [6.45, 7) is 4.03. The molecular formula is C12H15NO3. The summed E-state index contributed by atoms with van der Waals surface area (Å²) >= 11 is 0. The van der Waals surface area contributed by atoms with Crippen molar-refractivity contribution in [3.8, 4) is 5.75 Å². The van der Waals surface area contributed by atoms with E-state index >= 15 is 0 Å². The van der Waals surface area contributed by atoms with Crippen molar-refractivity contribution in [1.29, 1.82) is 0 Å². The summed E-state index contributed by atoms with van der Waals surface area (Å²) in [4.78, 5) is 21.2. The Balaban J connectivity index is 2.93. The summed E-state index contributed by atoms with van der Waals surface area (Å²) < 4.78 is 5.46. The highest BCUT2D eigenvalue weighted by Crippen LogP contribution is 2.24. The first kappa shape index (κ1) is 12.2. The molecule has 0 atom stereocenters. The highest BCUT2D eigenvalue weighted by atomic mass is 16.5. The van der Waals surface area contributed by atoms with E-state index < -0.39 is 5.91 Å². The molecule has 2 N–H and O–H groups in total. The van der Waals surface area contributed by atoms with Crippen molar-refractivity contribution in [2.45, 2.75) is 20.3 Å². The highest BCUT2D eigenvalue weighted by Gasteiger charge is 2.09. The largest absolute Gasteiger partial charge is 0.493 e. The fourth-order valence-corrected chi connectivity index (χ4v) is 1.53. The number of carbonyl (C=O) groups excluding carboxylic acids is 2. The number of amides is 1. The summed E-state index contributed by atoms with van der Waals surface area (Å²) in [5, 5.41) is 0. The van der Waals surface area contributed by atoms with Crippen molar-refractivity contribution < 1.29 is 14.3 Å². The van der Waals surface area contributed by atoms with E-state index in [0.29, 0.717) is 24.3 Å². The Morgan fingerprint density at radius 3 is 2.38 bits per heavy atom. The third kappa shape index (κ3) is 2.82. The molecule has 0 aliphatic rings. The average molecular weight is 221 g/mol. The number of rotatable bonds is 5.